The summed E-state index contributed by atoms with van der Waals surface area (Å²) in [5.41, 5.74) is 3.48. The number of sulfonamides is 1. The topological polar surface area (TPSA) is 86.8 Å². The van der Waals surface area contributed by atoms with Crippen LogP contribution in [0.25, 0.3) is 0 Å². The van der Waals surface area contributed by atoms with Crippen molar-refractivity contribution in [3.63, 3.8) is 0 Å². The van der Waals surface area contributed by atoms with E-state index in [1.165, 1.54) is 12.1 Å². The predicted molar refractivity (Wildman–Crippen MR) is 134 cm³/mol. The third-order valence-electron chi connectivity index (χ3n) is 6.00. The van der Waals surface area contributed by atoms with Gasteiger partial charge in [0.25, 0.3) is 10.0 Å². The van der Waals surface area contributed by atoms with E-state index in [1.54, 1.807) is 59.5 Å². The Morgan fingerprint density at radius 1 is 0.971 bits per heavy atom. The monoisotopic (exact) mass is 477 g/mol. The molecule has 176 valence electrons. The van der Waals surface area contributed by atoms with E-state index >= 15 is 0 Å². The molecule has 0 atom stereocenters. The lowest BCUT2D eigenvalue weighted by molar-refractivity contribution is -0.117. The average molecular weight is 478 g/mol. The van der Waals surface area contributed by atoms with Crippen molar-refractivity contribution in [3.8, 4) is 0 Å². The van der Waals surface area contributed by atoms with Crippen LogP contribution in [0.2, 0.25) is 0 Å². The molecule has 34 heavy (non-hydrogen) atoms. The quantitative estimate of drug-likeness (QED) is 0.551. The first kappa shape index (κ1) is 23.5. The second-order valence-electron chi connectivity index (χ2n) is 8.29. The number of nitrogens with zero attached hydrogens (tertiary/aromatic N) is 2. The second kappa shape index (κ2) is 9.69. The van der Waals surface area contributed by atoms with Crippen LogP contribution in [0.1, 0.15) is 24.0 Å². The summed E-state index contributed by atoms with van der Waals surface area (Å²) in [6.07, 6.45) is 1.38. The molecule has 0 spiro atoms. The summed E-state index contributed by atoms with van der Waals surface area (Å²) in [7, 11) is -3.98. The largest absolute Gasteiger partial charge is 0.325 e. The summed E-state index contributed by atoms with van der Waals surface area (Å²) < 4.78 is 28.2. The first-order valence-corrected chi connectivity index (χ1v) is 12.6. The number of hydrogen-bond acceptors (Lipinski definition) is 4. The zero-order valence-corrected chi connectivity index (χ0v) is 20.0. The van der Waals surface area contributed by atoms with E-state index in [-0.39, 0.29) is 17.3 Å². The van der Waals surface area contributed by atoms with E-state index in [9.17, 15) is 18.0 Å². The van der Waals surface area contributed by atoms with E-state index in [0.29, 0.717) is 24.3 Å². The van der Waals surface area contributed by atoms with Crippen LogP contribution in [-0.2, 0) is 19.6 Å². The third-order valence-corrected chi connectivity index (χ3v) is 7.77. The van der Waals surface area contributed by atoms with E-state index in [0.717, 1.165) is 27.5 Å². The van der Waals surface area contributed by atoms with Crippen molar-refractivity contribution in [3.05, 3.63) is 83.9 Å². The van der Waals surface area contributed by atoms with Gasteiger partial charge in [-0.3, -0.25) is 13.9 Å². The highest BCUT2D eigenvalue weighted by molar-refractivity contribution is 7.92. The molecule has 1 fully saturated rings. The van der Waals surface area contributed by atoms with Gasteiger partial charge in [-0.25, -0.2) is 8.42 Å². The van der Waals surface area contributed by atoms with Crippen LogP contribution in [0.4, 0.5) is 17.1 Å². The standard InChI is InChI=1S/C26H27N3O4S/c1-19-8-6-11-24(20(19)2)29(34(32,33)23-9-4-3-5-10-23)18-25(30)27-21-13-15-22(16-14-21)28-17-7-12-26(28)31/h3-6,8-11,13-16H,7,12,17-18H2,1-2H3,(H,27,30). The molecule has 8 heteroatoms. The summed E-state index contributed by atoms with van der Waals surface area (Å²) in [5, 5.41) is 2.78. The molecule has 1 aliphatic heterocycles. The molecule has 1 aliphatic rings. The normalized spacial score (nSPS) is 13.7. The molecule has 0 aromatic heterocycles. The Kier molecular flexibility index (Phi) is 6.70. The van der Waals surface area contributed by atoms with Gasteiger partial charge in [-0.2, -0.15) is 0 Å². The number of anilines is 3. The number of carbonyl (C=O) groups excluding carboxylic acids is 2. The van der Waals surface area contributed by atoms with Gasteiger partial charge in [0.15, 0.2) is 0 Å². The van der Waals surface area contributed by atoms with E-state index < -0.39 is 15.9 Å². The molecule has 0 aliphatic carbocycles. The van der Waals surface area contributed by atoms with Crippen LogP contribution in [0.3, 0.4) is 0 Å². The van der Waals surface area contributed by atoms with Gasteiger partial charge in [0.1, 0.15) is 6.54 Å². The highest BCUT2D eigenvalue weighted by atomic mass is 32.2. The zero-order chi connectivity index (χ0) is 24.3. The number of carbonyl (C=O) groups is 2. The van der Waals surface area contributed by atoms with Crippen LogP contribution in [-0.4, -0.2) is 33.3 Å². The second-order valence-corrected chi connectivity index (χ2v) is 10.2. The number of rotatable bonds is 7. The SMILES string of the molecule is Cc1cccc(N(CC(=O)Nc2ccc(N3CCCC3=O)cc2)S(=O)(=O)c2ccccc2)c1C. The van der Waals surface area contributed by atoms with E-state index in [4.69, 9.17) is 0 Å². The molecule has 7 nitrogen and oxygen atoms in total. The lowest BCUT2D eigenvalue weighted by Gasteiger charge is -2.26. The molecule has 4 rings (SSSR count). The van der Waals surface area contributed by atoms with Gasteiger partial charge in [0, 0.05) is 24.3 Å². The Hall–Kier alpha value is -3.65. The van der Waals surface area contributed by atoms with Gasteiger partial charge >= 0.3 is 0 Å². The van der Waals surface area contributed by atoms with E-state index in [1.807, 2.05) is 19.9 Å². The third kappa shape index (κ3) is 4.82. The van der Waals surface area contributed by atoms with E-state index in [2.05, 4.69) is 5.32 Å². The van der Waals surface area contributed by atoms with Crippen molar-refractivity contribution in [2.45, 2.75) is 31.6 Å². The molecule has 0 radical (unpaired) electrons. The lowest BCUT2D eigenvalue weighted by Crippen LogP contribution is -2.38. The minimum atomic E-state index is -3.98. The van der Waals surface area contributed by atoms with Gasteiger partial charge in [-0.05, 0) is 73.9 Å². The van der Waals surface area contributed by atoms with Gasteiger partial charge < -0.3 is 10.2 Å². The minimum absolute atomic E-state index is 0.0899. The zero-order valence-electron chi connectivity index (χ0n) is 19.2. The summed E-state index contributed by atoms with van der Waals surface area (Å²) in [6.45, 7) is 4.05. The van der Waals surface area contributed by atoms with Gasteiger partial charge in [0.05, 0.1) is 10.6 Å². The predicted octanol–water partition coefficient (Wildman–Crippen LogP) is 4.26. The first-order chi connectivity index (χ1) is 16.3. The maximum absolute atomic E-state index is 13.5. The van der Waals surface area contributed by atoms with Crippen molar-refractivity contribution < 1.29 is 18.0 Å². The van der Waals surface area contributed by atoms with Crippen LogP contribution < -0.4 is 14.5 Å². The molecule has 0 bridgehead atoms. The minimum Gasteiger partial charge on any atom is -0.325 e. The summed E-state index contributed by atoms with van der Waals surface area (Å²) in [6, 6.07) is 20.5. The molecular formula is C26H27N3O4S. The molecule has 1 saturated heterocycles. The van der Waals surface area contributed by atoms with Crippen molar-refractivity contribution in [2.75, 3.05) is 27.6 Å². The first-order valence-electron chi connectivity index (χ1n) is 11.1. The van der Waals surface area contributed by atoms with Gasteiger partial charge in [-0.15, -0.1) is 0 Å². The number of nitrogens with one attached hydrogen (secondary N) is 1. The van der Waals surface area contributed by atoms with Gasteiger partial charge in [0.2, 0.25) is 11.8 Å². The van der Waals surface area contributed by atoms with Crippen molar-refractivity contribution >= 4 is 38.9 Å². The summed E-state index contributed by atoms with van der Waals surface area (Å²) in [4.78, 5) is 26.8. The Bertz CT molecular complexity index is 1310. The lowest BCUT2D eigenvalue weighted by atomic mass is 10.1. The molecule has 0 saturated carbocycles. The fourth-order valence-corrected chi connectivity index (χ4v) is 5.50. The fourth-order valence-electron chi connectivity index (χ4n) is 4.00. The fraction of sp³-hybridized carbons (Fsp3) is 0.231. The molecule has 1 heterocycles. The van der Waals surface area contributed by atoms with Crippen molar-refractivity contribution in [1.29, 1.82) is 0 Å². The number of hydrogen-bond donors (Lipinski definition) is 1. The molecular weight excluding hydrogens is 450 g/mol. The number of amides is 2. The van der Waals surface area contributed by atoms with Crippen molar-refractivity contribution in [2.24, 2.45) is 0 Å². The molecule has 3 aromatic rings. The molecule has 1 N–H and O–H groups in total. The Labute approximate surface area is 200 Å². The molecule has 3 aromatic carbocycles. The Balaban J connectivity index is 1.58. The molecule has 2 amide bonds. The highest BCUT2D eigenvalue weighted by Crippen LogP contribution is 2.29. The summed E-state index contributed by atoms with van der Waals surface area (Å²) in [5.74, 6) is -0.377. The Morgan fingerprint density at radius 2 is 1.68 bits per heavy atom. The van der Waals surface area contributed by atoms with Crippen molar-refractivity contribution in [1.82, 2.24) is 0 Å². The van der Waals surface area contributed by atoms with Gasteiger partial charge in [-0.1, -0.05) is 30.3 Å². The smallest absolute Gasteiger partial charge is 0.264 e. The van der Waals surface area contributed by atoms with Crippen LogP contribution in [0.5, 0.6) is 0 Å². The van der Waals surface area contributed by atoms with Crippen LogP contribution >= 0.6 is 0 Å². The molecule has 0 unspecified atom stereocenters. The highest BCUT2D eigenvalue weighted by Gasteiger charge is 2.28. The number of benzene rings is 3. The summed E-state index contributed by atoms with van der Waals surface area (Å²) >= 11 is 0. The maximum Gasteiger partial charge on any atom is 0.264 e. The average Bonchev–Trinajstić information content (AvgIpc) is 3.26. The Morgan fingerprint density at radius 3 is 2.32 bits per heavy atom. The maximum atomic E-state index is 13.5. The van der Waals surface area contributed by atoms with Crippen LogP contribution in [0, 0.1) is 13.8 Å². The number of aryl methyl sites for hydroxylation is 1. The van der Waals surface area contributed by atoms with Crippen LogP contribution in [0.15, 0.2) is 77.7 Å².